The third kappa shape index (κ3) is 3.22. The Labute approximate surface area is 117 Å². The molecule has 0 atom stereocenters. The first kappa shape index (κ1) is 14.5. The van der Waals surface area contributed by atoms with Gasteiger partial charge in [0.25, 0.3) is 0 Å². The van der Waals surface area contributed by atoms with E-state index in [1.54, 1.807) is 18.2 Å². The maximum atomic E-state index is 9.07. The van der Waals surface area contributed by atoms with Crippen LogP contribution in [-0.2, 0) is 0 Å². The van der Waals surface area contributed by atoms with E-state index in [4.69, 9.17) is 22.7 Å². The van der Waals surface area contributed by atoms with Crippen LogP contribution in [0.2, 0.25) is 0 Å². The van der Waals surface area contributed by atoms with E-state index in [1.807, 2.05) is 18.7 Å². The van der Waals surface area contributed by atoms with Gasteiger partial charge in [0.1, 0.15) is 16.5 Å². The number of thiocarbonyl (C=S) groups is 1. The summed E-state index contributed by atoms with van der Waals surface area (Å²) in [5, 5.41) is 18.1. The summed E-state index contributed by atoms with van der Waals surface area (Å²) in [4.78, 5) is 2.68. The lowest BCUT2D eigenvalue weighted by Crippen LogP contribution is -2.26. The highest BCUT2D eigenvalue weighted by molar-refractivity contribution is 8.23. The molecular weight excluding hydrogens is 262 g/mol. The van der Waals surface area contributed by atoms with E-state index in [1.165, 1.54) is 11.8 Å². The van der Waals surface area contributed by atoms with E-state index >= 15 is 0 Å². The van der Waals surface area contributed by atoms with Gasteiger partial charge in [-0.3, -0.25) is 0 Å². The molecule has 0 aliphatic rings. The Balaban J connectivity index is 3.08. The summed E-state index contributed by atoms with van der Waals surface area (Å²) in [5.74, 6) is 0. The zero-order chi connectivity index (χ0) is 13.5. The molecule has 5 heteroatoms. The van der Waals surface area contributed by atoms with Crippen LogP contribution in [0.5, 0.6) is 0 Å². The second-order valence-electron chi connectivity index (χ2n) is 3.45. The number of nitrogens with zero attached hydrogens (tertiary/aromatic N) is 3. The van der Waals surface area contributed by atoms with Crippen LogP contribution in [0.1, 0.15) is 25.0 Å². The van der Waals surface area contributed by atoms with Crippen LogP contribution < -0.4 is 0 Å². The SMILES string of the molecule is CCN(CC)C(=S)Sc1c(C#N)cccc1C#N. The number of thioether (sulfide) groups is 1. The molecule has 0 amide bonds. The summed E-state index contributed by atoms with van der Waals surface area (Å²) < 4.78 is 0.694. The second kappa shape index (κ2) is 7.00. The molecule has 0 saturated heterocycles. The van der Waals surface area contributed by atoms with E-state index in [0.29, 0.717) is 20.3 Å². The van der Waals surface area contributed by atoms with Crippen molar-refractivity contribution in [2.45, 2.75) is 18.7 Å². The normalized spacial score (nSPS) is 9.33. The molecule has 1 aromatic rings. The lowest BCUT2D eigenvalue weighted by atomic mass is 10.1. The zero-order valence-corrected chi connectivity index (χ0v) is 11.9. The summed E-state index contributed by atoms with van der Waals surface area (Å²) >= 11 is 6.66. The number of hydrogen-bond acceptors (Lipinski definition) is 4. The first-order valence-electron chi connectivity index (χ1n) is 5.57. The fourth-order valence-corrected chi connectivity index (χ4v) is 2.97. The molecule has 0 bridgehead atoms. The topological polar surface area (TPSA) is 50.8 Å². The van der Waals surface area contributed by atoms with Gasteiger partial charge in [-0.2, -0.15) is 10.5 Å². The molecule has 0 unspecified atom stereocenters. The lowest BCUT2D eigenvalue weighted by Gasteiger charge is -2.21. The molecule has 0 radical (unpaired) electrons. The van der Waals surface area contributed by atoms with Crippen LogP contribution >= 0.6 is 24.0 Å². The first-order valence-corrected chi connectivity index (χ1v) is 6.80. The third-order valence-corrected chi connectivity index (χ3v) is 4.05. The Morgan fingerprint density at radius 2 is 1.72 bits per heavy atom. The van der Waals surface area contributed by atoms with Gasteiger partial charge in [0.2, 0.25) is 0 Å². The average Bonchev–Trinajstić information content (AvgIpc) is 2.40. The van der Waals surface area contributed by atoms with Crippen LogP contribution in [0.15, 0.2) is 23.1 Å². The maximum Gasteiger partial charge on any atom is 0.141 e. The molecule has 0 fully saturated rings. The predicted octanol–water partition coefficient (Wildman–Crippen LogP) is 3.15. The van der Waals surface area contributed by atoms with E-state index in [9.17, 15) is 0 Å². The highest BCUT2D eigenvalue weighted by Crippen LogP contribution is 2.28. The molecular formula is C13H13N3S2. The summed E-state index contributed by atoms with van der Waals surface area (Å²) in [6.45, 7) is 5.69. The van der Waals surface area contributed by atoms with Crippen molar-refractivity contribution in [1.82, 2.24) is 4.90 Å². The lowest BCUT2D eigenvalue weighted by molar-refractivity contribution is 0.482. The van der Waals surface area contributed by atoms with Gasteiger partial charge < -0.3 is 4.90 Å². The zero-order valence-electron chi connectivity index (χ0n) is 10.3. The highest BCUT2D eigenvalue weighted by atomic mass is 32.2. The van der Waals surface area contributed by atoms with Gasteiger partial charge in [-0.05, 0) is 26.0 Å². The minimum atomic E-state index is 0.494. The van der Waals surface area contributed by atoms with Crippen molar-refractivity contribution in [3.8, 4) is 12.1 Å². The maximum absolute atomic E-state index is 9.07. The van der Waals surface area contributed by atoms with Crippen LogP contribution in [0.4, 0.5) is 0 Å². The standard InChI is InChI=1S/C13H13N3S2/c1-3-16(4-2)13(17)18-12-10(8-14)6-5-7-11(12)9-15/h5-7H,3-4H2,1-2H3. The summed E-state index contributed by atoms with van der Waals surface area (Å²) in [5.41, 5.74) is 0.988. The van der Waals surface area contributed by atoms with E-state index in [0.717, 1.165) is 13.1 Å². The second-order valence-corrected chi connectivity index (χ2v) is 5.09. The van der Waals surface area contributed by atoms with Crippen LogP contribution in [0, 0.1) is 22.7 Å². The minimum absolute atomic E-state index is 0.494. The first-order chi connectivity index (χ1) is 8.67. The molecule has 3 nitrogen and oxygen atoms in total. The average molecular weight is 275 g/mol. The monoisotopic (exact) mass is 275 g/mol. The summed E-state index contributed by atoms with van der Waals surface area (Å²) in [6.07, 6.45) is 0. The molecule has 1 aromatic carbocycles. The molecule has 0 heterocycles. The number of benzene rings is 1. The third-order valence-electron chi connectivity index (χ3n) is 2.47. The highest BCUT2D eigenvalue weighted by Gasteiger charge is 2.14. The van der Waals surface area contributed by atoms with Gasteiger partial charge in [0, 0.05) is 13.1 Å². The smallest absolute Gasteiger partial charge is 0.141 e. The number of hydrogen-bond donors (Lipinski definition) is 0. The minimum Gasteiger partial charge on any atom is -0.358 e. The molecule has 0 aliphatic heterocycles. The van der Waals surface area contributed by atoms with Crippen molar-refractivity contribution in [2.24, 2.45) is 0 Å². The molecule has 92 valence electrons. The fraction of sp³-hybridized carbons (Fsp3) is 0.308. The van der Waals surface area contributed by atoms with Gasteiger partial charge in [-0.15, -0.1) is 0 Å². The van der Waals surface area contributed by atoms with Crippen molar-refractivity contribution < 1.29 is 0 Å². The molecule has 18 heavy (non-hydrogen) atoms. The van der Waals surface area contributed by atoms with Crippen molar-refractivity contribution in [3.05, 3.63) is 29.3 Å². The van der Waals surface area contributed by atoms with Gasteiger partial charge in [-0.1, -0.05) is 30.0 Å². The van der Waals surface area contributed by atoms with E-state index < -0.39 is 0 Å². The number of nitriles is 2. The summed E-state index contributed by atoms with van der Waals surface area (Å²) in [6, 6.07) is 9.32. The molecule has 0 aromatic heterocycles. The van der Waals surface area contributed by atoms with E-state index in [2.05, 4.69) is 12.1 Å². The van der Waals surface area contributed by atoms with Crippen LogP contribution in [-0.4, -0.2) is 22.3 Å². The fourth-order valence-electron chi connectivity index (χ4n) is 1.46. The quantitative estimate of drug-likeness (QED) is 0.626. The van der Waals surface area contributed by atoms with Gasteiger partial charge >= 0.3 is 0 Å². The van der Waals surface area contributed by atoms with Crippen molar-refractivity contribution in [2.75, 3.05) is 13.1 Å². The van der Waals surface area contributed by atoms with Gasteiger partial charge in [0.05, 0.1) is 16.0 Å². The van der Waals surface area contributed by atoms with Gasteiger partial charge in [0.15, 0.2) is 0 Å². The molecule has 0 aliphatic carbocycles. The van der Waals surface area contributed by atoms with E-state index in [-0.39, 0.29) is 0 Å². The Kier molecular flexibility index (Phi) is 5.64. The van der Waals surface area contributed by atoms with Crippen molar-refractivity contribution in [1.29, 1.82) is 10.5 Å². The molecule has 1 rings (SSSR count). The Bertz CT molecular complexity index is 490. The molecule has 0 saturated carbocycles. The van der Waals surface area contributed by atoms with Crippen LogP contribution in [0.25, 0.3) is 0 Å². The molecule has 0 spiro atoms. The van der Waals surface area contributed by atoms with Crippen molar-refractivity contribution >= 4 is 28.3 Å². The Hall–Kier alpha value is -1.56. The number of rotatable bonds is 3. The largest absolute Gasteiger partial charge is 0.358 e. The summed E-state index contributed by atoms with van der Waals surface area (Å²) in [7, 11) is 0. The Morgan fingerprint density at radius 1 is 1.22 bits per heavy atom. The Morgan fingerprint density at radius 3 is 2.11 bits per heavy atom. The predicted molar refractivity (Wildman–Crippen MR) is 77.2 cm³/mol. The van der Waals surface area contributed by atoms with Crippen LogP contribution in [0.3, 0.4) is 0 Å². The van der Waals surface area contributed by atoms with Gasteiger partial charge in [-0.25, -0.2) is 0 Å². The molecule has 0 N–H and O–H groups in total. The van der Waals surface area contributed by atoms with Crippen molar-refractivity contribution in [3.63, 3.8) is 0 Å².